The fourth-order valence-corrected chi connectivity index (χ4v) is 3.24. The molecule has 96 valence electrons. The van der Waals surface area contributed by atoms with E-state index < -0.39 is 5.41 Å². The molecule has 1 aliphatic carbocycles. The van der Waals surface area contributed by atoms with Crippen molar-refractivity contribution in [2.24, 2.45) is 23.0 Å². The summed E-state index contributed by atoms with van der Waals surface area (Å²) in [4.78, 5) is 15.0. The zero-order chi connectivity index (χ0) is 12.8. The molecule has 3 nitrogen and oxygen atoms in total. The van der Waals surface area contributed by atoms with Crippen LogP contribution in [-0.2, 0) is 4.79 Å². The molecule has 2 fully saturated rings. The highest BCUT2D eigenvalue weighted by molar-refractivity contribution is 7.80. The number of rotatable bonds is 2. The number of hydrogen-bond acceptors (Lipinski definition) is 2. The number of amides is 1. The van der Waals surface area contributed by atoms with Gasteiger partial charge in [0.2, 0.25) is 5.91 Å². The van der Waals surface area contributed by atoms with E-state index in [1.807, 2.05) is 4.90 Å². The van der Waals surface area contributed by atoms with Crippen molar-refractivity contribution in [1.29, 1.82) is 0 Å². The summed E-state index contributed by atoms with van der Waals surface area (Å²) >= 11 is 5.07. The van der Waals surface area contributed by atoms with Crippen molar-refractivity contribution in [1.82, 2.24) is 4.90 Å². The van der Waals surface area contributed by atoms with Crippen LogP contribution in [0, 0.1) is 17.3 Å². The summed E-state index contributed by atoms with van der Waals surface area (Å²) in [5.41, 5.74) is 5.25. The first-order valence-electron chi connectivity index (χ1n) is 6.49. The van der Waals surface area contributed by atoms with Crippen LogP contribution in [0.1, 0.15) is 40.0 Å². The predicted molar refractivity (Wildman–Crippen MR) is 72.6 cm³/mol. The largest absolute Gasteiger partial charge is 0.392 e. The van der Waals surface area contributed by atoms with E-state index in [4.69, 9.17) is 18.0 Å². The minimum Gasteiger partial charge on any atom is -0.392 e. The maximum Gasteiger partial charge on any atom is 0.235 e. The Hall–Kier alpha value is -0.640. The Morgan fingerprint density at radius 1 is 1.35 bits per heavy atom. The van der Waals surface area contributed by atoms with Crippen LogP contribution in [0.2, 0.25) is 0 Å². The average molecular weight is 254 g/mol. The third kappa shape index (κ3) is 2.07. The maximum atomic E-state index is 12.6. The van der Waals surface area contributed by atoms with Crippen LogP contribution in [0.5, 0.6) is 0 Å². The molecule has 2 N–H and O–H groups in total. The zero-order valence-corrected chi connectivity index (χ0v) is 11.7. The van der Waals surface area contributed by atoms with Crippen molar-refractivity contribution in [2.45, 2.75) is 46.1 Å². The van der Waals surface area contributed by atoms with E-state index in [9.17, 15) is 4.79 Å². The second-order valence-electron chi connectivity index (χ2n) is 5.96. The highest BCUT2D eigenvalue weighted by Crippen LogP contribution is 2.48. The van der Waals surface area contributed by atoms with E-state index in [0.29, 0.717) is 22.9 Å². The fraction of sp³-hybridized carbons (Fsp3) is 0.846. The zero-order valence-electron chi connectivity index (χ0n) is 10.9. The van der Waals surface area contributed by atoms with Gasteiger partial charge in [0.05, 0.1) is 10.4 Å². The Balaban J connectivity index is 2.16. The first-order chi connectivity index (χ1) is 7.88. The SMILES string of the molecule is CC1CC(C)C(C)N(C(=O)C2(C(N)=S)CC2)C1. The molecule has 0 aromatic rings. The standard InChI is InChI=1S/C13H22N2OS/c1-8-6-9(2)10(3)15(7-8)12(16)13(4-5-13)11(14)17/h8-10H,4-7H2,1-3H3,(H2,14,17). The van der Waals surface area contributed by atoms with Crippen molar-refractivity contribution in [3.05, 3.63) is 0 Å². The second kappa shape index (κ2) is 4.23. The molecule has 1 saturated heterocycles. The van der Waals surface area contributed by atoms with Gasteiger partial charge in [-0.1, -0.05) is 26.1 Å². The first-order valence-corrected chi connectivity index (χ1v) is 6.90. The number of nitrogens with zero attached hydrogens (tertiary/aromatic N) is 1. The number of hydrogen-bond donors (Lipinski definition) is 1. The topological polar surface area (TPSA) is 46.3 Å². The van der Waals surface area contributed by atoms with E-state index in [1.54, 1.807) is 0 Å². The number of likely N-dealkylation sites (tertiary alicyclic amines) is 1. The van der Waals surface area contributed by atoms with E-state index >= 15 is 0 Å². The summed E-state index contributed by atoms with van der Waals surface area (Å²) in [7, 11) is 0. The Labute approximate surface area is 109 Å². The van der Waals surface area contributed by atoms with Gasteiger partial charge in [0.25, 0.3) is 0 Å². The lowest BCUT2D eigenvalue weighted by Gasteiger charge is -2.42. The molecule has 1 amide bonds. The van der Waals surface area contributed by atoms with Gasteiger partial charge in [0.1, 0.15) is 0 Å². The average Bonchev–Trinajstić information content (AvgIpc) is 3.03. The molecule has 0 radical (unpaired) electrons. The smallest absolute Gasteiger partial charge is 0.235 e. The molecule has 0 aromatic carbocycles. The third-order valence-electron chi connectivity index (χ3n) is 4.49. The number of carbonyl (C=O) groups excluding carboxylic acids is 1. The van der Waals surface area contributed by atoms with E-state index in [1.165, 1.54) is 6.42 Å². The van der Waals surface area contributed by atoms with E-state index in [0.717, 1.165) is 19.4 Å². The predicted octanol–water partition coefficient (Wildman–Crippen LogP) is 1.95. The van der Waals surface area contributed by atoms with Crippen molar-refractivity contribution in [3.63, 3.8) is 0 Å². The molecular formula is C13H22N2OS. The summed E-state index contributed by atoms with van der Waals surface area (Å²) in [5.74, 6) is 1.31. The molecule has 3 unspecified atom stereocenters. The minimum atomic E-state index is -0.486. The highest BCUT2D eigenvalue weighted by atomic mass is 32.1. The molecule has 17 heavy (non-hydrogen) atoms. The molecule has 0 spiro atoms. The number of nitrogens with two attached hydrogens (primary N) is 1. The lowest BCUT2D eigenvalue weighted by Crippen LogP contribution is -2.53. The number of thiocarbonyl (C=S) groups is 1. The monoisotopic (exact) mass is 254 g/mol. The lowest BCUT2D eigenvalue weighted by atomic mass is 9.85. The third-order valence-corrected chi connectivity index (χ3v) is 4.88. The summed E-state index contributed by atoms with van der Waals surface area (Å²) in [5, 5.41) is 0. The molecule has 0 bridgehead atoms. The van der Waals surface area contributed by atoms with Crippen LogP contribution < -0.4 is 5.73 Å². The van der Waals surface area contributed by atoms with Gasteiger partial charge in [-0.05, 0) is 38.0 Å². The van der Waals surface area contributed by atoms with Crippen LogP contribution >= 0.6 is 12.2 Å². The molecular weight excluding hydrogens is 232 g/mol. The van der Waals surface area contributed by atoms with E-state index in [2.05, 4.69) is 20.8 Å². The van der Waals surface area contributed by atoms with Crippen molar-refractivity contribution in [3.8, 4) is 0 Å². The number of carbonyl (C=O) groups is 1. The van der Waals surface area contributed by atoms with Crippen LogP contribution in [0.4, 0.5) is 0 Å². The van der Waals surface area contributed by atoms with Crippen LogP contribution in [0.15, 0.2) is 0 Å². The van der Waals surface area contributed by atoms with Gasteiger partial charge in [-0.25, -0.2) is 0 Å². The van der Waals surface area contributed by atoms with Gasteiger partial charge in [-0.2, -0.15) is 0 Å². The molecule has 4 heteroatoms. The van der Waals surface area contributed by atoms with Gasteiger partial charge in [-0.15, -0.1) is 0 Å². The van der Waals surface area contributed by atoms with Gasteiger partial charge < -0.3 is 10.6 Å². The normalized spacial score (nSPS) is 35.5. The Kier molecular flexibility index (Phi) is 3.19. The first kappa shape index (κ1) is 12.8. The highest BCUT2D eigenvalue weighted by Gasteiger charge is 2.55. The fourth-order valence-electron chi connectivity index (χ4n) is 2.95. The summed E-state index contributed by atoms with van der Waals surface area (Å²) in [6.45, 7) is 7.43. The molecule has 1 saturated carbocycles. The molecule has 0 aromatic heterocycles. The Morgan fingerprint density at radius 3 is 2.41 bits per heavy atom. The van der Waals surface area contributed by atoms with Gasteiger partial charge >= 0.3 is 0 Å². The Bertz CT molecular complexity index is 351. The number of piperidine rings is 1. The molecule has 1 heterocycles. The maximum absolute atomic E-state index is 12.6. The van der Waals surface area contributed by atoms with Gasteiger partial charge in [0.15, 0.2) is 0 Å². The van der Waals surface area contributed by atoms with Crippen molar-refractivity contribution < 1.29 is 4.79 Å². The minimum absolute atomic E-state index is 0.177. The van der Waals surface area contributed by atoms with Gasteiger partial charge in [0, 0.05) is 12.6 Å². The second-order valence-corrected chi connectivity index (χ2v) is 6.40. The van der Waals surface area contributed by atoms with Gasteiger partial charge in [-0.3, -0.25) is 4.79 Å². The lowest BCUT2D eigenvalue weighted by molar-refractivity contribution is -0.140. The summed E-state index contributed by atoms with van der Waals surface area (Å²) in [6, 6.07) is 0.311. The molecule has 2 rings (SSSR count). The van der Waals surface area contributed by atoms with Crippen LogP contribution in [0.3, 0.4) is 0 Å². The van der Waals surface area contributed by atoms with Crippen molar-refractivity contribution >= 4 is 23.1 Å². The quantitative estimate of drug-likeness (QED) is 0.766. The molecule has 3 atom stereocenters. The molecule has 1 aliphatic heterocycles. The van der Waals surface area contributed by atoms with Crippen LogP contribution in [-0.4, -0.2) is 28.4 Å². The van der Waals surface area contributed by atoms with Crippen molar-refractivity contribution in [2.75, 3.05) is 6.54 Å². The Morgan fingerprint density at radius 2 is 1.94 bits per heavy atom. The summed E-state index contributed by atoms with van der Waals surface area (Å²) < 4.78 is 0. The summed E-state index contributed by atoms with van der Waals surface area (Å²) in [6.07, 6.45) is 2.88. The van der Waals surface area contributed by atoms with Crippen LogP contribution in [0.25, 0.3) is 0 Å². The van der Waals surface area contributed by atoms with E-state index in [-0.39, 0.29) is 5.91 Å². The molecule has 2 aliphatic rings.